The number of likely N-dealkylation sites (N-methyl/N-ethyl adjacent to an activating group) is 1. The van der Waals surface area contributed by atoms with Crippen LogP contribution in [-0.4, -0.2) is 53.0 Å². The van der Waals surface area contributed by atoms with Gasteiger partial charge in [0.25, 0.3) is 0 Å². The fourth-order valence-electron chi connectivity index (χ4n) is 2.49. The second kappa shape index (κ2) is 5.35. The summed E-state index contributed by atoms with van der Waals surface area (Å²) in [6.07, 6.45) is 3.28. The van der Waals surface area contributed by atoms with Crippen molar-refractivity contribution in [1.29, 1.82) is 0 Å². The summed E-state index contributed by atoms with van der Waals surface area (Å²) in [6.45, 7) is 1.59. The summed E-state index contributed by atoms with van der Waals surface area (Å²) in [5, 5.41) is 11.1. The molecule has 2 heterocycles. The van der Waals surface area contributed by atoms with E-state index < -0.39 is 4.92 Å². The average Bonchev–Trinajstić information content (AvgIpc) is 2.75. The van der Waals surface area contributed by atoms with Crippen LogP contribution in [0.3, 0.4) is 0 Å². The maximum absolute atomic E-state index is 11.1. The highest BCUT2D eigenvalue weighted by atomic mass is 16.6. The molecule has 8 heteroatoms. The molecule has 8 nitrogen and oxygen atoms in total. The molecule has 1 aliphatic heterocycles. The molecule has 1 saturated heterocycles. The number of nitro groups is 1. The molecule has 1 aromatic heterocycles. The average molecular weight is 266 g/mol. The third kappa shape index (κ3) is 2.73. The Morgan fingerprint density at radius 3 is 2.95 bits per heavy atom. The number of anilines is 2. The van der Waals surface area contributed by atoms with E-state index in [2.05, 4.69) is 14.9 Å². The van der Waals surface area contributed by atoms with Gasteiger partial charge in [-0.05, 0) is 26.9 Å². The van der Waals surface area contributed by atoms with E-state index in [-0.39, 0.29) is 17.5 Å². The zero-order valence-electron chi connectivity index (χ0n) is 11.1. The highest BCUT2D eigenvalue weighted by Gasteiger charge is 2.33. The summed E-state index contributed by atoms with van der Waals surface area (Å²) >= 11 is 0. The van der Waals surface area contributed by atoms with E-state index in [4.69, 9.17) is 5.73 Å². The van der Waals surface area contributed by atoms with Crippen LogP contribution < -0.4 is 10.6 Å². The van der Waals surface area contributed by atoms with Crippen molar-refractivity contribution in [3.63, 3.8) is 0 Å². The Bertz CT molecular complexity index is 478. The molecule has 0 aromatic carbocycles. The molecule has 0 spiro atoms. The summed E-state index contributed by atoms with van der Waals surface area (Å²) in [5.74, 6) is 0.257. The van der Waals surface area contributed by atoms with Gasteiger partial charge in [0.15, 0.2) is 0 Å². The van der Waals surface area contributed by atoms with Crippen molar-refractivity contribution in [2.75, 3.05) is 37.8 Å². The number of nitrogen functional groups attached to an aromatic ring is 1. The van der Waals surface area contributed by atoms with Crippen molar-refractivity contribution in [3.05, 3.63) is 16.4 Å². The number of nitrogens with zero attached hydrogens (tertiary/aromatic N) is 5. The van der Waals surface area contributed by atoms with Gasteiger partial charge in [-0.1, -0.05) is 0 Å². The van der Waals surface area contributed by atoms with Crippen LogP contribution in [0.1, 0.15) is 12.8 Å². The van der Waals surface area contributed by atoms with Gasteiger partial charge in [-0.25, -0.2) is 9.97 Å². The van der Waals surface area contributed by atoms with Crippen molar-refractivity contribution in [2.24, 2.45) is 0 Å². The summed E-state index contributed by atoms with van der Waals surface area (Å²) in [5.41, 5.74) is 5.42. The lowest BCUT2D eigenvalue weighted by molar-refractivity contribution is -0.383. The van der Waals surface area contributed by atoms with Gasteiger partial charge < -0.3 is 15.5 Å². The third-order valence-corrected chi connectivity index (χ3v) is 3.24. The first kappa shape index (κ1) is 13.5. The first-order chi connectivity index (χ1) is 9.00. The summed E-state index contributed by atoms with van der Waals surface area (Å²) in [7, 11) is 3.97. The molecule has 1 fully saturated rings. The van der Waals surface area contributed by atoms with Crippen LogP contribution in [0.2, 0.25) is 0 Å². The van der Waals surface area contributed by atoms with Gasteiger partial charge in [0.1, 0.15) is 6.33 Å². The van der Waals surface area contributed by atoms with Gasteiger partial charge in [0.2, 0.25) is 11.6 Å². The van der Waals surface area contributed by atoms with Gasteiger partial charge in [0.05, 0.1) is 4.92 Å². The van der Waals surface area contributed by atoms with Crippen LogP contribution in [-0.2, 0) is 0 Å². The van der Waals surface area contributed by atoms with Gasteiger partial charge >= 0.3 is 5.69 Å². The fourth-order valence-corrected chi connectivity index (χ4v) is 2.49. The molecule has 104 valence electrons. The third-order valence-electron chi connectivity index (χ3n) is 3.24. The number of rotatable bonds is 4. The lowest BCUT2D eigenvalue weighted by Crippen LogP contribution is -2.38. The molecule has 1 unspecified atom stereocenters. The normalized spacial score (nSPS) is 19.1. The summed E-state index contributed by atoms with van der Waals surface area (Å²) < 4.78 is 0. The maximum Gasteiger partial charge on any atom is 0.353 e. The first-order valence-electron chi connectivity index (χ1n) is 6.17. The lowest BCUT2D eigenvalue weighted by atomic mass is 10.2. The number of hydrogen-bond acceptors (Lipinski definition) is 7. The lowest BCUT2D eigenvalue weighted by Gasteiger charge is -2.27. The minimum Gasteiger partial charge on any atom is -0.378 e. The van der Waals surface area contributed by atoms with E-state index in [1.807, 2.05) is 19.0 Å². The molecule has 2 N–H and O–H groups in total. The van der Waals surface area contributed by atoms with Crippen molar-refractivity contribution in [1.82, 2.24) is 14.9 Å². The Hall–Kier alpha value is -1.96. The molecule has 19 heavy (non-hydrogen) atoms. The zero-order chi connectivity index (χ0) is 14.0. The Morgan fingerprint density at radius 1 is 1.58 bits per heavy atom. The van der Waals surface area contributed by atoms with Gasteiger partial charge in [-0.2, -0.15) is 0 Å². The Balaban J connectivity index is 2.35. The second-order valence-electron chi connectivity index (χ2n) is 4.94. The highest BCUT2D eigenvalue weighted by Crippen LogP contribution is 2.34. The van der Waals surface area contributed by atoms with E-state index in [9.17, 15) is 10.1 Å². The molecule has 2 rings (SSSR count). The first-order valence-corrected chi connectivity index (χ1v) is 6.17. The Morgan fingerprint density at radius 2 is 2.32 bits per heavy atom. The number of nitrogens with two attached hydrogens (primary N) is 1. The number of hydrogen-bond donors (Lipinski definition) is 1. The van der Waals surface area contributed by atoms with Crippen LogP contribution >= 0.6 is 0 Å². The minimum atomic E-state index is -0.504. The molecule has 0 radical (unpaired) electrons. The van der Waals surface area contributed by atoms with Gasteiger partial charge in [0, 0.05) is 19.1 Å². The molecule has 0 bridgehead atoms. The Kier molecular flexibility index (Phi) is 3.79. The van der Waals surface area contributed by atoms with Crippen LogP contribution in [0.25, 0.3) is 0 Å². The minimum absolute atomic E-state index is 0.0782. The summed E-state index contributed by atoms with van der Waals surface area (Å²) in [4.78, 5) is 22.5. The van der Waals surface area contributed by atoms with Crippen LogP contribution in [0.4, 0.5) is 17.3 Å². The quantitative estimate of drug-likeness (QED) is 0.625. The topological polar surface area (TPSA) is 101 Å². The van der Waals surface area contributed by atoms with Crippen LogP contribution in [0.5, 0.6) is 0 Å². The zero-order valence-corrected chi connectivity index (χ0v) is 11.1. The molecule has 1 aliphatic rings. The van der Waals surface area contributed by atoms with Crippen molar-refractivity contribution in [2.45, 2.75) is 18.9 Å². The fraction of sp³-hybridized carbons (Fsp3) is 0.636. The molecular formula is C11H18N6O2. The van der Waals surface area contributed by atoms with Gasteiger partial charge in [-0.15, -0.1) is 0 Å². The molecule has 1 atom stereocenters. The monoisotopic (exact) mass is 266 g/mol. The van der Waals surface area contributed by atoms with Crippen molar-refractivity contribution in [3.8, 4) is 0 Å². The largest absolute Gasteiger partial charge is 0.378 e. The molecular weight excluding hydrogens is 248 g/mol. The number of aromatic nitrogens is 2. The smallest absolute Gasteiger partial charge is 0.353 e. The predicted octanol–water partition coefficient (Wildman–Crippen LogP) is 0.497. The highest BCUT2D eigenvalue weighted by molar-refractivity contribution is 5.69. The van der Waals surface area contributed by atoms with E-state index in [1.54, 1.807) is 0 Å². The molecule has 0 aliphatic carbocycles. The second-order valence-corrected chi connectivity index (χ2v) is 4.94. The van der Waals surface area contributed by atoms with Crippen molar-refractivity contribution >= 4 is 17.3 Å². The molecule has 1 aromatic rings. The van der Waals surface area contributed by atoms with Crippen molar-refractivity contribution < 1.29 is 4.92 Å². The van der Waals surface area contributed by atoms with E-state index in [1.165, 1.54) is 6.33 Å². The molecule has 0 saturated carbocycles. The standard InChI is InChI=1S/C11H18N6O2/c1-15(2)6-8-4-3-5-16(8)11-9(17(18)19)10(12)13-7-14-11/h7-8H,3-6H2,1-2H3,(H2,12,13,14). The maximum atomic E-state index is 11.1. The van der Waals surface area contributed by atoms with Crippen LogP contribution in [0, 0.1) is 10.1 Å². The Labute approximate surface area is 111 Å². The SMILES string of the molecule is CN(C)CC1CCCN1c1ncnc(N)c1[N+](=O)[O-]. The van der Waals surface area contributed by atoms with E-state index in [0.717, 1.165) is 25.9 Å². The van der Waals surface area contributed by atoms with E-state index in [0.29, 0.717) is 5.82 Å². The van der Waals surface area contributed by atoms with Crippen LogP contribution in [0.15, 0.2) is 6.33 Å². The van der Waals surface area contributed by atoms with Gasteiger partial charge in [-0.3, -0.25) is 10.1 Å². The predicted molar refractivity (Wildman–Crippen MR) is 72.0 cm³/mol. The van der Waals surface area contributed by atoms with E-state index >= 15 is 0 Å². The summed E-state index contributed by atoms with van der Waals surface area (Å²) in [6, 6.07) is 0.225. The molecule has 0 amide bonds.